The summed E-state index contributed by atoms with van der Waals surface area (Å²) in [6.07, 6.45) is 42.3. The fourth-order valence-electron chi connectivity index (χ4n) is 9.28. The number of phosphoric acid groups is 2. The Balaban J connectivity index is 5.12. The molecule has 0 aromatic carbocycles. The summed E-state index contributed by atoms with van der Waals surface area (Å²) < 4.78 is 67.6. The van der Waals surface area contributed by atoms with E-state index in [0.29, 0.717) is 25.7 Å². The molecule has 0 fully saturated rings. The van der Waals surface area contributed by atoms with Gasteiger partial charge in [0.05, 0.1) is 26.4 Å². The predicted octanol–water partition coefficient (Wildman–Crippen LogP) is 17.2. The molecular formula is C62H120O17P2. The van der Waals surface area contributed by atoms with Crippen LogP contribution in [0.2, 0.25) is 0 Å². The highest BCUT2D eigenvalue weighted by Gasteiger charge is 2.30. The molecule has 3 N–H and O–H groups in total. The lowest BCUT2D eigenvalue weighted by Gasteiger charge is -2.21. The Bertz CT molecular complexity index is 1570. The molecule has 17 nitrogen and oxygen atoms in total. The maximum Gasteiger partial charge on any atom is 0.472 e. The van der Waals surface area contributed by atoms with Crippen molar-refractivity contribution in [1.29, 1.82) is 0 Å². The Morgan fingerprint density at radius 1 is 0.296 bits per heavy atom. The lowest BCUT2D eigenvalue weighted by atomic mass is 10.0. The summed E-state index contributed by atoms with van der Waals surface area (Å²) in [5, 5.41) is 10.5. The van der Waals surface area contributed by atoms with Gasteiger partial charge in [-0.1, -0.05) is 265 Å². The molecule has 0 bridgehead atoms. The number of carbonyl (C=O) groups is 4. The molecule has 19 heteroatoms. The molecule has 0 saturated heterocycles. The molecule has 81 heavy (non-hydrogen) atoms. The Kier molecular flexibility index (Phi) is 55.8. The summed E-state index contributed by atoms with van der Waals surface area (Å²) >= 11 is 0. The Morgan fingerprint density at radius 2 is 0.494 bits per heavy atom. The van der Waals surface area contributed by atoms with Gasteiger partial charge in [0.25, 0.3) is 0 Å². The Labute approximate surface area is 492 Å². The highest BCUT2D eigenvalue weighted by atomic mass is 31.2. The number of carbonyl (C=O) groups excluding carboxylic acids is 4. The maximum atomic E-state index is 13.0. The van der Waals surface area contributed by atoms with Crippen LogP contribution >= 0.6 is 15.6 Å². The van der Waals surface area contributed by atoms with Crippen molar-refractivity contribution in [2.45, 2.75) is 335 Å². The standard InChI is InChI=1S/C62H120O17P2/c1-5-9-13-17-20-22-24-26-28-30-32-34-36-40-43-47-60(65)73-53-58(79-62(67)49-45-41-37-35-33-31-29-27-25-23-21-18-14-10-6-2)55-77-81(70,71)75-51-56(63)50-74-80(68,69)76-54-57(78-61(66)48-44-38-16-12-8-4)52-72-59(64)46-42-39-19-15-11-7-3/h56-58,63H,5-55H2,1-4H3,(H,68,69)(H,70,71)/t56-,57+,58+/m0/s1. The molecule has 0 rings (SSSR count). The molecule has 0 aliphatic heterocycles. The molecule has 0 heterocycles. The van der Waals surface area contributed by atoms with Gasteiger partial charge in [-0.05, 0) is 25.7 Å². The minimum atomic E-state index is -4.94. The SMILES string of the molecule is CCCCCCCCCCCCCCCCCC(=O)OC[C@H](COP(=O)(O)OC[C@@H](O)COP(=O)(O)OC[C@@H](COC(=O)CCCCCCCC)OC(=O)CCCCCCC)OC(=O)CCCCCCCCCCCCCCCCC. The largest absolute Gasteiger partial charge is 0.472 e. The summed E-state index contributed by atoms with van der Waals surface area (Å²) in [4.78, 5) is 71.7. The molecule has 0 saturated carbocycles. The predicted molar refractivity (Wildman–Crippen MR) is 322 cm³/mol. The van der Waals surface area contributed by atoms with Crippen molar-refractivity contribution in [3.63, 3.8) is 0 Å². The number of aliphatic hydroxyl groups is 1. The third-order valence-electron chi connectivity index (χ3n) is 14.4. The van der Waals surface area contributed by atoms with Crippen LogP contribution in [0.1, 0.15) is 317 Å². The van der Waals surface area contributed by atoms with E-state index in [4.69, 9.17) is 37.0 Å². The van der Waals surface area contributed by atoms with Crippen LogP contribution < -0.4 is 0 Å². The summed E-state index contributed by atoms with van der Waals surface area (Å²) in [5.41, 5.74) is 0. The van der Waals surface area contributed by atoms with Crippen LogP contribution in [0, 0.1) is 0 Å². The van der Waals surface area contributed by atoms with Crippen LogP contribution in [-0.2, 0) is 65.4 Å². The molecule has 0 aliphatic rings. The summed E-state index contributed by atoms with van der Waals surface area (Å²) in [5.74, 6) is -2.15. The number of unbranched alkanes of at least 4 members (excludes halogenated alkanes) is 37. The van der Waals surface area contributed by atoms with Gasteiger partial charge in [0, 0.05) is 25.7 Å². The van der Waals surface area contributed by atoms with E-state index >= 15 is 0 Å². The van der Waals surface area contributed by atoms with E-state index in [0.717, 1.165) is 103 Å². The topological polar surface area (TPSA) is 237 Å². The zero-order valence-corrected chi connectivity index (χ0v) is 53.5. The van der Waals surface area contributed by atoms with E-state index in [-0.39, 0.29) is 25.7 Å². The maximum absolute atomic E-state index is 13.0. The highest BCUT2D eigenvalue weighted by Crippen LogP contribution is 2.45. The monoisotopic (exact) mass is 1200 g/mol. The number of phosphoric ester groups is 2. The van der Waals surface area contributed by atoms with Gasteiger partial charge in [-0.15, -0.1) is 0 Å². The normalized spacial score (nSPS) is 14.2. The molecule has 0 amide bonds. The quantitative estimate of drug-likeness (QED) is 0.0222. The van der Waals surface area contributed by atoms with Crippen molar-refractivity contribution in [2.24, 2.45) is 0 Å². The zero-order valence-electron chi connectivity index (χ0n) is 51.7. The third-order valence-corrected chi connectivity index (χ3v) is 16.3. The van der Waals surface area contributed by atoms with Crippen LogP contribution in [0.15, 0.2) is 0 Å². The fourth-order valence-corrected chi connectivity index (χ4v) is 10.9. The smallest absolute Gasteiger partial charge is 0.462 e. The van der Waals surface area contributed by atoms with Gasteiger partial charge < -0.3 is 33.8 Å². The van der Waals surface area contributed by atoms with E-state index in [2.05, 4.69) is 27.7 Å². The van der Waals surface area contributed by atoms with Gasteiger partial charge in [0.2, 0.25) is 0 Å². The molecule has 0 radical (unpaired) electrons. The van der Waals surface area contributed by atoms with Gasteiger partial charge in [-0.3, -0.25) is 37.3 Å². The van der Waals surface area contributed by atoms with E-state index in [9.17, 15) is 43.2 Å². The van der Waals surface area contributed by atoms with E-state index in [1.165, 1.54) is 135 Å². The second-order valence-electron chi connectivity index (χ2n) is 22.4. The highest BCUT2D eigenvalue weighted by molar-refractivity contribution is 7.47. The van der Waals surface area contributed by atoms with Crippen molar-refractivity contribution >= 4 is 39.5 Å². The third kappa shape index (κ3) is 56.9. The number of hydrogen-bond acceptors (Lipinski definition) is 15. The minimum absolute atomic E-state index is 0.0995. The first-order chi connectivity index (χ1) is 39.2. The number of esters is 4. The van der Waals surface area contributed by atoms with Gasteiger partial charge in [0.1, 0.15) is 19.3 Å². The van der Waals surface area contributed by atoms with E-state index in [1.807, 2.05) is 0 Å². The van der Waals surface area contributed by atoms with Crippen molar-refractivity contribution in [3.8, 4) is 0 Å². The van der Waals surface area contributed by atoms with Crippen LogP contribution in [0.3, 0.4) is 0 Å². The van der Waals surface area contributed by atoms with Crippen molar-refractivity contribution in [3.05, 3.63) is 0 Å². The fraction of sp³-hybridized carbons (Fsp3) is 0.935. The van der Waals surface area contributed by atoms with Crippen molar-refractivity contribution in [2.75, 3.05) is 39.6 Å². The second kappa shape index (κ2) is 57.2. The summed E-state index contributed by atoms with van der Waals surface area (Å²) in [6.45, 7) is 4.73. The second-order valence-corrected chi connectivity index (χ2v) is 25.4. The average molecular weight is 1200 g/mol. The van der Waals surface area contributed by atoms with Gasteiger partial charge in [0.15, 0.2) is 12.2 Å². The number of ether oxygens (including phenoxy) is 4. The van der Waals surface area contributed by atoms with Crippen molar-refractivity contribution < 1.29 is 80.2 Å². The van der Waals surface area contributed by atoms with Crippen molar-refractivity contribution in [1.82, 2.24) is 0 Å². The number of hydrogen-bond donors (Lipinski definition) is 3. The lowest BCUT2D eigenvalue weighted by Crippen LogP contribution is -2.30. The molecular weight excluding hydrogens is 1080 g/mol. The van der Waals surface area contributed by atoms with Gasteiger partial charge in [-0.25, -0.2) is 9.13 Å². The number of rotatable bonds is 63. The van der Waals surface area contributed by atoms with Gasteiger partial charge in [-0.2, -0.15) is 0 Å². The number of aliphatic hydroxyl groups excluding tert-OH is 1. The van der Waals surface area contributed by atoms with Crippen LogP contribution in [0.5, 0.6) is 0 Å². The van der Waals surface area contributed by atoms with E-state index in [1.54, 1.807) is 0 Å². The first-order valence-corrected chi connectivity index (χ1v) is 35.8. The van der Waals surface area contributed by atoms with Crippen LogP contribution in [0.4, 0.5) is 0 Å². The van der Waals surface area contributed by atoms with Gasteiger partial charge >= 0.3 is 39.5 Å². The molecule has 5 atom stereocenters. The molecule has 0 spiro atoms. The Morgan fingerprint density at radius 3 is 0.728 bits per heavy atom. The van der Waals surface area contributed by atoms with Crippen LogP contribution in [0.25, 0.3) is 0 Å². The summed E-state index contributed by atoms with van der Waals surface area (Å²) in [7, 11) is -9.86. The first kappa shape index (κ1) is 79.1. The average Bonchev–Trinajstić information content (AvgIpc) is 3.44. The molecule has 480 valence electrons. The Hall–Kier alpha value is -1.94. The molecule has 0 aromatic heterocycles. The molecule has 2 unspecified atom stereocenters. The summed E-state index contributed by atoms with van der Waals surface area (Å²) in [6, 6.07) is 0. The minimum Gasteiger partial charge on any atom is -0.462 e. The lowest BCUT2D eigenvalue weighted by molar-refractivity contribution is -0.161. The first-order valence-electron chi connectivity index (χ1n) is 32.8. The van der Waals surface area contributed by atoms with Crippen LogP contribution in [-0.4, -0.2) is 96.7 Å². The van der Waals surface area contributed by atoms with E-state index < -0.39 is 97.5 Å². The molecule has 0 aromatic rings. The zero-order chi connectivity index (χ0) is 59.8. The molecule has 0 aliphatic carbocycles.